The van der Waals surface area contributed by atoms with Crippen molar-refractivity contribution in [1.29, 1.82) is 0 Å². The maximum Gasteiger partial charge on any atom is 0.229 e. The Kier molecular flexibility index (Phi) is 5.31. The Bertz CT molecular complexity index is 1110. The zero-order chi connectivity index (χ0) is 21.3. The van der Waals surface area contributed by atoms with Crippen LogP contribution in [0.3, 0.4) is 0 Å². The fourth-order valence-electron chi connectivity index (χ4n) is 3.76. The molecule has 1 aliphatic heterocycles. The number of aromatic amines is 1. The third-order valence-electron chi connectivity index (χ3n) is 5.27. The van der Waals surface area contributed by atoms with Crippen LogP contribution in [-0.2, 0) is 16.1 Å². The van der Waals surface area contributed by atoms with Gasteiger partial charge >= 0.3 is 0 Å². The van der Waals surface area contributed by atoms with Crippen LogP contribution in [0.1, 0.15) is 17.8 Å². The van der Waals surface area contributed by atoms with Crippen LogP contribution in [-0.4, -0.2) is 47.4 Å². The number of H-pyrrole nitrogens is 1. The number of likely N-dealkylation sites (tertiary alicyclic amines) is 1. The molecule has 4 rings (SSSR count). The molecule has 1 unspecified atom stereocenters. The minimum absolute atomic E-state index is 0.0374. The van der Waals surface area contributed by atoms with E-state index in [-0.39, 0.29) is 18.2 Å². The van der Waals surface area contributed by atoms with Crippen molar-refractivity contribution in [2.45, 2.75) is 19.9 Å². The van der Waals surface area contributed by atoms with Gasteiger partial charge < -0.3 is 24.7 Å². The number of hydrogen-bond donors (Lipinski definition) is 2. The average molecular weight is 408 g/mol. The zero-order valence-electron chi connectivity index (χ0n) is 17.2. The van der Waals surface area contributed by atoms with Crippen molar-refractivity contribution in [3.8, 4) is 11.5 Å². The number of anilines is 1. The second-order valence-corrected chi connectivity index (χ2v) is 7.41. The summed E-state index contributed by atoms with van der Waals surface area (Å²) in [6.45, 7) is 2.68. The molecule has 0 bridgehead atoms. The molecule has 8 heteroatoms. The van der Waals surface area contributed by atoms with Crippen molar-refractivity contribution in [2.75, 3.05) is 26.1 Å². The number of ether oxygens (including phenoxy) is 2. The highest BCUT2D eigenvalue weighted by molar-refractivity contribution is 5.98. The van der Waals surface area contributed by atoms with E-state index in [0.29, 0.717) is 30.3 Å². The number of aryl methyl sites for hydroxylation is 1. The van der Waals surface area contributed by atoms with Crippen molar-refractivity contribution < 1.29 is 19.1 Å². The normalized spacial score (nSPS) is 16.2. The summed E-state index contributed by atoms with van der Waals surface area (Å²) < 4.78 is 10.6. The first-order valence-electron chi connectivity index (χ1n) is 9.72. The number of methoxy groups -OCH3 is 2. The summed E-state index contributed by atoms with van der Waals surface area (Å²) in [6, 6.07) is 11.1. The first-order chi connectivity index (χ1) is 14.5. The summed E-state index contributed by atoms with van der Waals surface area (Å²) in [6.07, 6.45) is 0.199. The summed E-state index contributed by atoms with van der Waals surface area (Å²) in [4.78, 5) is 34.4. The second-order valence-electron chi connectivity index (χ2n) is 7.41. The molecule has 8 nitrogen and oxygen atoms in total. The maximum atomic E-state index is 12.7. The maximum absolute atomic E-state index is 12.7. The average Bonchev–Trinajstić information content (AvgIpc) is 3.29. The van der Waals surface area contributed by atoms with Gasteiger partial charge in [-0.25, -0.2) is 4.98 Å². The van der Waals surface area contributed by atoms with E-state index in [1.807, 2.05) is 43.3 Å². The molecule has 1 fully saturated rings. The van der Waals surface area contributed by atoms with Gasteiger partial charge in [0.05, 0.1) is 31.2 Å². The van der Waals surface area contributed by atoms with Gasteiger partial charge in [0.1, 0.15) is 5.82 Å². The Morgan fingerprint density at radius 2 is 2.00 bits per heavy atom. The Morgan fingerprint density at radius 1 is 1.20 bits per heavy atom. The van der Waals surface area contributed by atoms with Crippen molar-refractivity contribution in [3.05, 3.63) is 47.8 Å². The van der Waals surface area contributed by atoms with Gasteiger partial charge in [-0.3, -0.25) is 9.59 Å². The van der Waals surface area contributed by atoms with E-state index in [2.05, 4.69) is 15.3 Å². The van der Waals surface area contributed by atoms with Gasteiger partial charge in [0, 0.05) is 25.2 Å². The number of hydrogen-bond acceptors (Lipinski definition) is 5. The summed E-state index contributed by atoms with van der Waals surface area (Å²) in [5.74, 6) is 1.48. The van der Waals surface area contributed by atoms with Gasteiger partial charge in [-0.1, -0.05) is 6.07 Å². The van der Waals surface area contributed by atoms with Crippen LogP contribution in [0.15, 0.2) is 36.4 Å². The van der Waals surface area contributed by atoms with E-state index in [1.165, 1.54) is 0 Å². The SMILES string of the molecule is COc1ccc(CN2CC(C(=O)Nc3ccc4nc(C)[nH]c4c3)CC2=O)cc1OC. The van der Waals surface area contributed by atoms with Crippen LogP contribution in [0.4, 0.5) is 5.69 Å². The topological polar surface area (TPSA) is 96.5 Å². The number of fused-ring (bicyclic) bond motifs is 1. The van der Waals surface area contributed by atoms with Gasteiger partial charge in [0.25, 0.3) is 0 Å². The predicted octanol–water partition coefficient (Wildman–Crippen LogP) is 2.88. The lowest BCUT2D eigenvalue weighted by Crippen LogP contribution is -2.28. The molecule has 1 aliphatic rings. The van der Waals surface area contributed by atoms with E-state index in [4.69, 9.17) is 9.47 Å². The zero-order valence-corrected chi connectivity index (χ0v) is 17.2. The lowest BCUT2D eigenvalue weighted by Gasteiger charge is -2.18. The van der Waals surface area contributed by atoms with Gasteiger partial charge in [-0.2, -0.15) is 0 Å². The van der Waals surface area contributed by atoms with E-state index in [9.17, 15) is 9.59 Å². The highest BCUT2D eigenvalue weighted by Crippen LogP contribution is 2.29. The van der Waals surface area contributed by atoms with Crippen LogP contribution < -0.4 is 14.8 Å². The summed E-state index contributed by atoms with van der Waals surface area (Å²) in [7, 11) is 3.15. The third kappa shape index (κ3) is 3.94. The predicted molar refractivity (Wildman–Crippen MR) is 113 cm³/mol. The largest absolute Gasteiger partial charge is 0.493 e. The molecule has 3 aromatic rings. The quantitative estimate of drug-likeness (QED) is 0.654. The summed E-state index contributed by atoms with van der Waals surface area (Å²) in [5.41, 5.74) is 3.31. The number of aromatic nitrogens is 2. The molecule has 1 saturated heterocycles. The van der Waals surface area contributed by atoms with Gasteiger partial charge in [0.15, 0.2) is 11.5 Å². The van der Waals surface area contributed by atoms with E-state index in [1.54, 1.807) is 19.1 Å². The molecule has 2 aromatic carbocycles. The highest BCUT2D eigenvalue weighted by Gasteiger charge is 2.34. The number of rotatable bonds is 6. The van der Waals surface area contributed by atoms with Crippen LogP contribution in [0.5, 0.6) is 11.5 Å². The van der Waals surface area contributed by atoms with Crippen molar-refractivity contribution >= 4 is 28.5 Å². The fourth-order valence-corrected chi connectivity index (χ4v) is 3.76. The first-order valence-corrected chi connectivity index (χ1v) is 9.72. The van der Waals surface area contributed by atoms with E-state index in [0.717, 1.165) is 22.4 Å². The monoisotopic (exact) mass is 408 g/mol. The Balaban J connectivity index is 1.41. The number of nitrogens with one attached hydrogen (secondary N) is 2. The molecule has 0 aliphatic carbocycles. The minimum Gasteiger partial charge on any atom is -0.493 e. The lowest BCUT2D eigenvalue weighted by atomic mass is 10.1. The molecule has 2 N–H and O–H groups in total. The summed E-state index contributed by atoms with van der Waals surface area (Å²) in [5, 5.41) is 2.92. The number of imidazole rings is 1. The van der Waals surface area contributed by atoms with Gasteiger partial charge in [-0.15, -0.1) is 0 Å². The van der Waals surface area contributed by atoms with E-state index < -0.39 is 5.92 Å². The molecular weight excluding hydrogens is 384 g/mol. The molecule has 0 saturated carbocycles. The lowest BCUT2D eigenvalue weighted by molar-refractivity contribution is -0.128. The van der Waals surface area contributed by atoms with Crippen molar-refractivity contribution in [1.82, 2.24) is 14.9 Å². The number of benzene rings is 2. The Labute approximate surface area is 174 Å². The van der Waals surface area contributed by atoms with Gasteiger partial charge in [-0.05, 0) is 42.8 Å². The molecule has 0 spiro atoms. The fraction of sp³-hybridized carbons (Fsp3) is 0.318. The molecule has 156 valence electrons. The third-order valence-corrected chi connectivity index (χ3v) is 5.27. The molecule has 1 aromatic heterocycles. The second kappa shape index (κ2) is 8.06. The number of amides is 2. The van der Waals surface area contributed by atoms with Crippen LogP contribution in [0, 0.1) is 12.8 Å². The number of carbonyl (C=O) groups excluding carboxylic acids is 2. The van der Waals surface area contributed by atoms with Crippen molar-refractivity contribution in [2.24, 2.45) is 5.92 Å². The minimum atomic E-state index is -0.392. The van der Waals surface area contributed by atoms with Crippen LogP contribution >= 0.6 is 0 Å². The Hall–Kier alpha value is -3.55. The van der Waals surface area contributed by atoms with E-state index >= 15 is 0 Å². The molecular formula is C22H24N4O4. The van der Waals surface area contributed by atoms with Crippen molar-refractivity contribution in [3.63, 3.8) is 0 Å². The smallest absolute Gasteiger partial charge is 0.229 e. The standard InChI is InChI=1S/C22H24N4O4/c1-13-23-17-6-5-16(10-18(17)24-13)25-22(28)15-9-21(27)26(12-15)11-14-4-7-19(29-2)20(8-14)30-3/h4-8,10,15H,9,11-12H2,1-3H3,(H,23,24)(H,25,28). The molecule has 30 heavy (non-hydrogen) atoms. The van der Waals surface area contributed by atoms with Gasteiger partial charge in [0.2, 0.25) is 11.8 Å². The highest BCUT2D eigenvalue weighted by atomic mass is 16.5. The number of nitrogens with zero attached hydrogens (tertiary/aromatic N) is 2. The Morgan fingerprint density at radius 3 is 2.77 bits per heavy atom. The van der Waals surface area contributed by atoms with Crippen LogP contribution in [0.25, 0.3) is 11.0 Å². The summed E-state index contributed by atoms with van der Waals surface area (Å²) >= 11 is 0. The molecule has 1 atom stereocenters. The number of carbonyl (C=O) groups is 2. The first kappa shape index (κ1) is 19.8. The van der Waals surface area contributed by atoms with Crippen LogP contribution in [0.2, 0.25) is 0 Å². The molecule has 2 heterocycles. The molecule has 0 radical (unpaired) electrons. The molecule has 2 amide bonds.